The number of benzene rings is 1. The average Bonchev–Trinajstić information content (AvgIpc) is 2.98. The van der Waals surface area contributed by atoms with Gasteiger partial charge in [-0.1, -0.05) is 6.07 Å². The van der Waals surface area contributed by atoms with E-state index in [0.717, 1.165) is 43.0 Å². The van der Waals surface area contributed by atoms with Crippen LogP contribution in [0, 0.1) is 18.6 Å². The van der Waals surface area contributed by atoms with Gasteiger partial charge in [-0.05, 0) is 44.5 Å². The van der Waals surface area contributed by atoms with Gasteiger partial charge in [-0.3, -0.25) is 4.90 Å². The van der Waals surface area contributed by atoms with Crippen LogP contribution in [-0.2, 0) is 6.54 Å². The van der Waals surface area contributed by atoms with Gasteiger partial charge in [0.25, 0.3) is 0 Å². The zero-order valence-electron chi connectivity index (χ0n) is 14.1. The highest BCUT2D eigenvalue weighted by molar-refractivity contribution is 5.40. The normalized spacial score (nSPS) is 18.8. The van der Waals surface area contributed by atoms with E-state index in [0.29, 0.717) is 6.54 Å². The molecule has 130 valence electrons. The maximum Gasteiger partial charge on any atom is 0.155 e. The van der Waals surface area contributed by atoms with Crippen molar-refractivity contribution in [3.63, 3.8) is 0 Å². The Morgan fingerprint density at radius 2 is 2.00 bits per heavy atom. The highest BCUT2D eigenvalue weighted by atomic mass is 19.1. The Morgan fingerprint density at radius 3 is 2.80 bits per heavy atom. The van der Waals surface area contributed by atoms with Crippen molar-refractivity contribution in [3.8, 4) is 0 Å². The molecule has 3 aromatic rings. The number of hydrogen-bond donors (Lipinski definition) is 0. The number of rotatable bonds is 3. The van der Waals surface area contributed by atoms with Crippen molar-refractivity contribution in [2.45, 2.75) is 32.2 Å². The SMILES string of the molecule is Cc1cc2nccc(C3CCCN(Cc4c(F)cccc4F)C3)n2n1. The molecule has 25 heavy (non-hydrogen) atoms. The first-order valence-corrected chi connectivity index (χ1v) is 8.58. The predicted octanol–water partition coefficient (Wildman–Crippen LogP) is 3.70. The molecule has 2 aromatic heterocycles. The first kappa shape index (κ1) is 16.1. The molecular weight excluding hydrogens is 322 g/mol. The van der Waals surface area contributed by atoms with Crippen LogP contribution >= 0.6 is 0 Å². The van der Waals surface area contributed by atoms with Crippen LogP contribution in [0.25, 0.3) is 5.65 Å². The summed E-state index contributed by atoms with van der Waals surface area (Å²) in [6.45, 7) is 3.84. The molecule has 4 rings (SSSR count). The van der Waals surface area contributed by atoms with Crippen LogP contribution in [0.4, 0.5) is 8.78 Å². The summed E-state index contributed by atoms with van der Waals surface area (Å²) in [5.41, 5.74) is 3.03. The predicted molar refractivity (Wildman–Crippen MR) is 91.3 cm³/mol. The number of hydrogen-bond acceptors (Lipinski definition) is 3. The van der Waals surface area contributed by atoms with Crippen LogP contribution < -0.4 is 0 Å². The molecule has 6 heteroatoms. The molecule has 0 amide bonds. The lowest BCUT2D eigenvalue weighted by molar-refractivity contribution is 0.193. The second-order valence-corrected chi connectivity index (χ2v) is 6.70. The lowest BCUT2D eigenvalue weighted by atomic mass is 9.94. The van der Waals surface area contributed by atoms with E-state index in [4.69, 9.17) is 0 Å². The molecule has 1 atom stereocenters. The van der Waals surface area contributed by atoms with E-state index in [1.165, 1.54) is 18.2 Å². The molecule has 1 aliphatic heterocycles. The molecule has 1 aromatic carbocycles. The van der Waals surface area contributed by atoms with E-state index < -0.39 is 11.6 Å². The number of aromatic nitrogens is 3. The number of likely N-dealkylation sites (tertiary alicyclic amines) is 1. The Balaban J connectivity index is 1.58. The van der Waals surface area contributed by atoms with Crippen molar-refractivity contribution < 1.29 is 8.78 Å². The zero-order chi connectivity index (χ0) is 17.4. The third-order valence-electron chi connectivity index (χ3n) is 4.88. The van der Waals surface area contributed by atoms with E-state index in [-0.39, 0.29) is 11.5 Å². The van der Waals surface area contributed by atoms with Crippen molar-refractivity contribution >= 4 is 5.65 Å². The van der Waals surface area contributed by atoms with Gasteiger partial charge in [0.1, 0.15) is 11.6 Å². The first-order valence-electron chi connectivity index (χ1n) is 8.58. The molecule has 0 bridgehead atoms. The van der Waals surface area contributed by atoms with Crippen molar-refractivity contribution in [3.05, 3.63) is 65.1 Å². The highest BCUT2D eigenvalue weighted by Crippen LogP contribution is 2.28. The second kappa shape index (κ2) is 6.52. The molecular formula is C19H20F2N4. The molecule has 0 N–H and O–H groups in total. The van der Waals surface area contributed by atoms with Crippen molar-refractivity contribution in [1.29, 1.82) is 0 Å². The van der Waals surface area contributed by atoms with Gasteiger partial charge in [0.2, 0.25) is 0 Å². The summed E-state index contributed by atoms with van der Waals surface area (Å²) in [6, 6.07) is 7.99. The summed E-state index contributed by atoms with van der Waals surface area (Å²) in [4.78, 5) is 6.48. The number of aryl methyl sites for hydroxylation is 1. The summed E-state index contributed by atoms with van der Waals surface area (Å²) >= 11 is 0. The van der Waals surface area contributed by atoms with Crippen LogP contribution in [0.1, 0.15) is 35.7 Å². The van der Waals surface area contributed by atoms with Gasteiger partial charge in [-0.15, -0.1) is 0 Å². The van der Waals surface area contributed by atoms with E-state index in [1.807, 2.05) is 23.6 Å². The summed E-state index contributed by atoms with van der Waals surface area (Å²) in [5.74, 6) is -0.680. The molecule has 4 nitrogen and oxygen atoms in total. The summed E-state index contributed by atoms with van der Waals surface area (Å²) in [7, 11) is 0. The Bertz CT molecular complexity index is 885. The molecule has 1 fully saturated rings. The number of halogens is 2. The van der Waals surface area contributed by atoms with Gasteiger partial charge >= 0.3 is 0 Å². The second-order valence-electron chi connectivity index (χ2n) is 6.70. The molecule has 1 unspecified atom stereocenters. The number of fused-ring (bicyclic) bond motifs is 1. The molecule has 1 aliphatic rings. The van der Waals surface area contributed by atoms with Crippen LogP contribution in [0.2, 0.25) is 0 Å². The van der Waals surface area contributed by atoms with Crippen molar-refractivity contribution in [1.82, 2.24) is 19.5 Å². The lowest BCUT2D eigenvalue weighted by Gasteiger charge is -2.33. The molecule has 1 saturated heterocycles. The molecule has 0 saturated carbocycles. The largest absolute Gasteiger partial charge is 0.298 e. The summed E-state index contributed by atoms with van der Waals surface area (Å²) in [5, 5.41) is 4.54. The fourth-order valence-corrected chi connectivity index (χ4v) is 3.68. The Labute approximate surface area is 145 Å². The van der Waals surface area contributed by atoms with Gasteiger partial charge in [0.15, 0.2) is 5.65 Å². The minimum Gasteiger partial charge on any atom is -0.298 e. The Kier molecular flexibility index (Phi) is 4.21. The number of piperidine rings is 1. The van der Waals surface area contributed by atoms with Crippen molar-refractivity contribution in [2.75, 3.05) is 13.1 Å². The minimum atomic E-state index is -0.476. The van der Waals surface area contributed by atoms with Gasteiger partial charge in [0, 0.05) is 36.8 Å². The average molecular weight is 342 g/mol. The molecule has 0 spiro atoms. The quantitative estimate of drug-likeness (QED) is 0.728. The number of nitrogens with zero attached hydrogens (tertiary/aromatic N) is 4. The van der Waals surface area contributed by atoms with E-state index in [1.54, 1.807) is 6.20 Å². The standard InChI is InChI=1S/C19H20F2N4/c1-13-10-19-22-8-7-18(25(19)23-13)14-4-3-9-24(11-14)12-15-16(20)5-2-6-17(15)21/h2,5-8,10,14H,3-4,9,11-12H2,1H3. The Morgan fingerprint density at radius 1 is 1.20 bits per heavy atom. The summed E-state index contributed by atoms with van der Waals surface area (Å²) < 4.78 is 29.8. The monoisotopic (exact) mass is 342 g/mol. The summed E-state index contributed by atoms with van der Waals surface area (Å²) in [6.07, 6.45) is 3.83. The van der Waals surface area contributed by atoms with Crippen LogP contribution in [0.15, 0.2) is 36.5 Å². The van der Waals surface area contributed by atoms with E-state index in [9.17, 15) is 8.78 Å². The maximum atomic E-state index is 13.9. The topological polar surface area (TPSA) is 33.4 Å². The molecule has 0 aliphatic carbocycles. The van der Waals surface area contributed by atoms with E-state index >= 15 is 0 Å². The first-order chi connectivity index (χ1) is 12.1. The fraction of sp³-hybridized carbons (Fsp3) is 0.368. The van der Waals surface area contributed by atoms with Crippen LogP contribution in [0.3, 0.4) is 0 Å². The molecule has 0 radical (unpaired) electrons. The van der Waals surface area contributed by atoms with E-state index in [2.05, 4.69) is 15.0 Å². The Hall–Kier alpha value is -2.34. The van der Waals surface area contributed by atoms with Gasteiger partial charge in [-0.2, -0.15) is 5.10 Å². The third kappa shape index (κ3) is 3.14. The van der Waals surface area contributed by atoms with Crippen molar-refractivity contribution in [2.24, 2.45) is 0 Å². The fourth-order valence-electron chi connectivity index (χ4n) is 3.68. The highest BCUT2D eigenvalue weighted by Gasteiger charge is 2.25. The maximum absolute atomic E-state index is 13.9. The van der Waals surface area contributed by atoms with Gasteiger partial charge in [-0.25, -0.2) is 18.3 Å². The smallest absolute Gasteiger partial charge is 0.155 e. The minimum absolute atomic E-state index is 0.151. The third-order valence-corrected chi connectivity index (χ3v) is 4.88. The lowest BCUT2D eigenvalue weighted by Crippen LogP contribution is -2.35. The molecule has 3 heterocycles. The zero-order valence-corrected chi connectivity index (χ0v) is 14.1. The van der Waals surface area contributed by atoms with Crippen LogP contribution in [0.5, 0.6) is 0 Å². The van der Waals surface area contributed by atoms with Gasteiger partial charge in [0.05, 0.1) is 11.4 Å². The van der Waals surface area contributed by atoms with Crippen LogP contribution in [-0.4, -0.2) is 32.6 Å². The van der Waals surface area contributed by atoms with Gasteiger partial charge < -0.3 is 0 Å².